The Morgan fingerprint density at radius 3 is 2.66 bits per heavy atom. The molecule has 1 saturated carbocycles. The summed E-state index contributed by atoms with van der Waals surface area (Å²) in [6.45, 7) is 6.52. The number of imidazole rings is 1. The molecular weight excluding hydrogens is 389 g/mol. The van der Waals surface area contributed by atoms with Gasteiger partial charge >= 0.3 is 0 Å². The Morgan fingerprint density at radius 1 is 1.17 bits per heavy atom. The topological polar surface area (TPSA) is 55.6 Å². The lowest BCUT2D eigenvalue weighted by atomic mass is 9.92. The third-order valence-corrected chi connectivity index (χ3v) is 5.60. The molecule has 0 amide bonds. The van der Waals surface area contributed by atoms with Crippen molar-refractivity contribution >= 4 is 34.4 Å². The molecule has 1 aliphatic carbocycles. The summed E-state index contributed by atoms with van der Waals surface area (Å²) in [5.74, 6) is 0.925. The van der Waals surface area contributed by atoms with Crippen molar-refractivity contribution in [3.63, 3.8) is 0 Å². The average Bonchev–Trinajstić information content (AvgIpc) is 3.02. The fourth-order valence-corrected chi connectivity index (χ4v) is 4.15. The van der Waals surface area contributed by atoms with Gasteiger partial charge in [0, 0.05) is 12.5 Å². The maximum absolute atomic E-state index is 14.5. The summed E-state index contributed by atoms with van der Waals surface area (Å²) < 4.78 is 16.6. The Bertz CT molecular complexity index is 1020. The van der Waals surface area contributed by atoms with Crippen molar-refractivity contribution in [1.29, 1.82) is 0 Å². The number of nitrogens with zero attached hydrogens (tertiary/aromatic N) is 4. The van der Waals surface area contributed by atoms with Crippen molar-refractivity contribution in [2.45, 2.75) is 65.3 Å². The Balaban J connectivity index is 1.80. The first-order valence-corrected chi connectivity index (χ1v) is 10.6. The van der Waals surface area contributed by atoms with Crippen LogP contribution in [-0.2, 0) is 6.42 Å². The van der Waals surface area contributed by atoms with E-state index < -0.39 is 5.82 Å². The minimum atomic E-state index is -0.476. The minimum absolute atomic E-state index is 0.0857. The molecule has 1 aliphatic rings. The van der Waals surface area contributed by atoms with Crippen molar-refractivity contribution in [2.75, 3.05) is 5.32 Å². The molecule has 0 bridgehead atoms. The number of aromatic nitrogens is 4. The van der Waals surface area contributed by atoms with Gasteiger partial charge < -0.3 is 5.32 Å². The third-order valence-electron chi connectivity index (χ3n) is 5.31. The van der Waals surface area contributed by atoms with Crippen molar-refractivity contribution in [3.05, 3.63) is 41.1 Å². The molecule has 0 unspecified atom stereocenters. The second-order valence-corrected chi connectivity index (χ2v) is 9.46. The molecule has 154 valence electrons. The molecule has 1 aromatic carbocycles. The molecule has 2 aromatic heterocycles. The lowest BCUT2D eigenvalue weighted by molar-refractivity contribution is 0.361. The maximum Gasteiger partial charge on any atom is 0.210 e. The number of hydrogen-bond acceptors (Lipinski definition) is 4. The molecule has 0 atom stereocenters. The number of fused-ring (bicyclic) bond motifs is 1. The molecule has 0 spiro atoms. The van der Waals surface area contributed by atoms with Crippen LogP contribution in [0.1, 0.15) is 64.7 Å². The van der Waals surface area contributed by atoms with E-state index in [-0.39, 0.29) is 16.5 Å². The number of benzene rings is 1. The lowest BCUT2D eigenvalue weighted by Crippen LogP contribution is -2.17. The van der Waals surface area contributed by atoms with Gasteiger partial charge in [0.2, 0.25) is 5.95 Å². The zero-order chi connectivity index (χ0) is 20.6. The van der Waals surface area contributed by atoms with Crippen LogP contribution in [0.4, 0.5) is 16.0 Å². The first-order valence-electron chi connectivity index (χ1n) is 10.3. The fraction of sp³-hybridized carbons (Fsp3) is 0.500. The van der Waals surface area contributed by atoms with Gasteiger partial charge in [0.05, 0.1) is 16.9 Å². The van der Waals surface area contributed by atoms with Crippen molar-refractivity contribution in [2.24, 2.45) is 5.41 Å². The van der Waals surface area contributed by atoms with Gasteiger partial charge in [0.1, 0.15) is 11.3 Å². The van der Waals surface area contributed by atoms with E-state index >= 15 is 0 Å². The van der Waals surface area contributed by atoms with Gasteiger partial charge in [0.25, 0.3) is 0 Å². The van der Waals surface area contributed by atoms with Crippen LogP contribution in [0.5, 0.6) is 0 Å². The van der Waals surface area contributed by atoms with Crippen LogP contribution in [0.2, 0.25) is 5.02 Å². The maximum atomic E-state index is 14.5. The summed E-state index contributed by atoms with van der Waals surface area (Å²) in [6.07, 6.45) is 8.30. The molecule has 3 aromatic rings. The van der Waals surface area contributed by atoms with Crippen molar-refractivity contribution in [3.8, 4) is 0 Å². The van der Waals surface area contributed by atoms with Crippen LogP contribution in [0.3, 0.4) is 0 Å². The Kier molecular flexibility index (Phi) is 5.47. The monoisotopic (exact) mass is 415 g/mol. The molecule has 1 N–H and O–H groups in total. The molecular formula is C22H27ClFN5. The standard InChI is InChI=1S/C22H27ClFN5/c1-22(2,3)12-18-25-13-17-20(28-18)29(14-8-5-4-6-9-14)21(27-17)26-16-11-7-10-15(23)19(16)24/h7,10-11,13-14H,4-6,8-9,12H2,1-3H3,(H,26,27). The highest BCUT2D eigenvalue weighted by molar-refractivity contribution is 6.31. The highest BCUT2D eigenvalue weighted by Crippen LogP contribution is 2.35. The van der Waals surface area contributed by atoms with Crippen LogP contribution < -0.4 is 5.32 Å². The zero-order valence-corrected chi connectivity index (χ0v) is 17.9. The van der Waals surface area contributed by atoms with Gasteiger partial charge in [-0.3, -0.25) is 4.57 Å². The smallest absolute Gasteiger partial charge is 0.210 e. The number of halogens is 2. The van der Waals surface area contributed by atoms with E-state index in [1.165, 1.54) is 25.3 Å². The molecule has 0 radical (unpaired) electrons. The number of nitrogens with one attached hydrogen (secondary N) is 1. The molecule has 5 nitrogen and oxygen atoms in total. The largest absolute Gasteiger partial charge is 0.323 e. The predicted octanol–water partition coefficient (Wildman–Crippen LogP) is 6.46. The van der Waals surface area contributed by atoms with E-state index in [0.29, 0.717) is 11.6 Å². The van der Waals surface area contributed by atoms with E-state index in [1.54, 1.807) is 18.3 Å². The van der Waals surface area contributed by atoms with Crippen LogP contribution >= 0.6 is 11.6 Å². The van der Waals surface area contributed by atoms with Crippen molar-refractivity contribution < 1.29 is 4.39 Å². The van der Waals surface area contributed by atoms with E-state index in [0.717, 1.165) is 36.3 Å². The predicted molar refractivity (Wildman–Crippen MR) is 115 cm³/mol. The van der Waals surface area contributed by atoms with E-state index in [2.05, 4.69) is 35.6 Å². The lowest BCUT2D eigenvalue weighted by Gasteiger charge is -2.25. The van der Waals surface area contributed by atoms with Gasteiger partial charge in [-0.05, 0) is 30.4 Å². The minimum Gasteiger partial charge on any atom is -0.323 e. The van der Waals surface area contributed by atoms with Gasteiger partial charge in [-0.15, -0.1) is 0 Å². The summed E-state index contributed by atoms with van der Waals surface area (Å²) in [7, 11) is 0. The molecule has 7 heteroatoms. The van der Waals surface area contributed by atoms with Crippen molar-refractivity contribution in [1.82, 2.24) is 19.5 Å². The third kappa shape index (κ3) is 4.37. The molecule has 29 heavy (non-hydrogen) atoms. The average molecular weight is 416 g/mol. The van der Waals surface area contributed by atoms with Crippen LogP contribution in [0.15, 0.2) is 24.4 Å². The first-order chi connectivity index (χ1) is 13.8. The number of rotatable bonds is 4. The summed E-state index contributed by atoms with van der Waals surface area (Å²) in [4.78, 5) is 14.1. The second-order valence-electron chi connectivity index (χ2n) is 9.06. The van der Waals surface area contributed by atoms with E-state index in [9.17, 15) is 4.39 Å². The Labute approximate surface area is 175 Å². The summed E-state index contributed by atoms with van der Waals surface area (Å²) >= 11 is 5.96. The highest BCUT2D eigenvalue weighted by Gasteiger charge is 2.24. The van der Waals surface area contributed by atoms with Crippen LogP contribution in [0.25, 0.3) is 11.2 Å². The van der Waals surface area contributed by atoms with E-state index in [4.69, 9.17) is 21.6 Å². The second kappa shape index (κ2) is 7.90. The fourth-order valence-electron chi connectivity index (χ4n) is 3.98. The van der Waals surface area contributed by atoms with Crippen LogP contribution in [0, 0.1) is 11.2 Å². The molecule has 0 aliphatic heterocycles. The normalized spacial score (nSPS) is 15.8. The number of hydrogen-bond donors (Lipinski definition) is 1. The molecule has 2 heterocycles. The zero-order valence-electron chi connectivity index (χ0n) is 17.2. The Morgan fingerprint density at radius 2 is 1.93 bits per heavy atom. The summed E-state index contributed by atoms with van der Waals surface area (Å²) in [5, 5.41) is 3.25. The van der Waals surface area contributed by atoms with Gasteiger partial charge in [0.15, 0.2) is 11.5 Å². The molecule has 1 fully saturated rings. The van der Waals surface area contributed by atoms with Crippen LogP contribution in [-0.4, -0.2) is 19.5 Å². The SMILES string of the molecule is CC(C)(C)Cc1ncc2nc(Nc3cccc(Cl)c3F)n(C3CCCCC3)c2n1. The molecule has 0 saturated heterocycles. The summed E-state index contributed by atoms with van der Waals surface area (Å²) in [5.41, 5.74) is 1.94. The first kappa shape index (κ1) is 20.1. The molecule has 4 rings (SSSR count). The quantitative estimate of drug-likeness (QED) is 0.531. The summed E-state index contributed by atoms with van der Waals surface area (Å²) in [6, 6.07) is 5.22. The number of anilines is 2. The highest BCUT2D eigenvalue weighted by atomic mass is 35.5. The van der Waals surface area contributed by atoms with Gasteiger partial charge in [-0.2, -0.15) is 0 Å². The Hall–Kier alpha value is -2.21. The van der Waals surface area contributed by atoms with Gasteiger partial charge in [-0.1, -0.05) is 57.7 Å². The van der Waals surface area contributed by atoms with Gasteiger partial charge in [-0.25, -0.2) is 19.3 Å². The van der Waals surface area contributed by atoms with E-state index in [1.807, 2.05) is 0 Å².